The maximum absolute atomic E-state index is 5.89. The highest BCUT2D eigenvalue weighted by Crippen LogP contribution is 2.27. The van der Waals surface area contributed by atoms with Gasteiger partial charge in [-0.2, -0.15) is 0 Å². The first-order chi connectivity index (χ1) is 12.0. The first-order valence-corrected chi connectivity index (χ1v) is 9.69. The van der Waals surface area contributed by atoms with Crippen molar-refractivity contribution in [3.8, 4) is 5.75 Å². The zero-order valence-electron chi connectivity index (χ0n) is 14.7. The van der Waals surface area contributed by atoms with E-state index in [1.54, 1.807) is 0 Å². The Morgan fingerprint density at radius 3 is 2.48 bits per heavy atom. The Hall–Kier alpha value is -1.07. The smallest absolute Gasteiger partial charge is 0.134 e. The average molecular weight is 427 g/mol. The first kappa shape index (κ1) is 20.2. The Morgan fingerprint density at radius 2 is 1.80 bits per heavy atom. The summed E-state index contributed by atoms with van der Waals surface area (Å²) in [4.78, 5) is 0. The van der Waals surface area contributed by atoms with Gasteiger partial charge in [0.05, 0.1) is 10.6 Å². The van der Waals surface area contributed by atoms with E-state index in [9.17, 15) is 0 Å². The molecule has 0 aliphatic carbocycles. The number of ether oxygens (including phenoxy) is 2. The monoisotopic (exact) mass is 425 g/mol. The summed E-state index contributed by atoms with van der Waals surface area (Å²) in [5.74, 6) is 0.837. The standard InChI is InChI=1S/C20H25BrClNO2/c1-15(2)24-11-3-10-23-13-17-6-9-20(19(21)12-17)25-14-16-4-7-18(22)8-5-16/h4-9,12,15,23H,3,10-11,13-14H2,1-2H3. The molecule has 5 heteroatoms. The molecule has 2 aromatic rings. The van der Waals surface area contributed by atoms with Crippen molar-refractivity contribution in [3.05, 3.63) is 63.1 Å². The number of benzene rings is 2. The second-order valence-corrected chi connectivity index (χ2v) is 7.42. The molecule has 3 nitrogen and oxygen atoms in total. The summed E-state index contributed by atoms with van der Waals surface area (Å²) in [6.45, 7) is 7.20. The lowest BCUT2D eigenvalue weighted by atomic mass is 10.2. The molecule has 0 saturated heterocycles. The predicted octanol–water partition coefficient (Wildman–Crippen LogP) is 5.59. The van der Waals surface area contributed by atoms with Crippen molar-refractivity contribution in [1.29, 1.82) is 0 Å². The highest BCUT2D eigenvalue weighted by molar-refractivity contribution is 9.10. The molecule has 0 aliphatic heterocycles. The Balaban J connectivity index is 1.75. The molecular weight excluding hydrogens is 402 g/mol. The van der Waals surface area contributed by atoms with Gasteiger partial charge >= 0.3 is 0 Å². The summed E-state index contributed by atoms with van der Waals surface area (Å²) in [5, 5.41) is 4.16. The van der Waals surface area contributed by atoms with Crippen LogP contribution in [-0.4, -0.2) is 19.3 Å². The van der Waals surface area contributed by atoms with Crippen molar-refractivity contribution in [1.82, 2.24) is 5.32 Å². The lowest BCUT2D eigenvalue weighted by Crippen LogP contribution is -2.17. The number of rotatable bonds is 10. The van der Waals surface area contributed by atoms with Gasteiger partial charge in [-0.1, -0.05) is 29.8 Å². The molecule has 0 unspecified atom stereocenters. The van der Waals surface area contributed by atoms with E-state index in [4.69, 9.17) is 21.1 Å². The molecule has 2 rings (SSSR count). The Kier molecular flexibility index (Phi) is 8.76. The van der Waals surface area contributed by atoms with Crippen LogP contribution in [0.1, 0.15) is 31.4 Å². The van der Waals surface area contributed by atoms with Crippen molar-refractivity contribution in [3.63, 3.8) is 0 Å². The molecule has 136 valence electrons. The van der Waals surface area contributed by atoms with E-state index in [0.29, 0.717) is 12.7 Å². The normalized spacial score (nSPS) is 11.1. The van der Waals surface area contributed by atoms with Crippen molar-refractivity contribution >= 4 is 27.5 Å². The molecule has 25 heavy (non-hydrogen) atoms. The van der Waals surface area contributed by atoms with Gasteiger partial charge in [0.2, 0.25) is 0 Å². The third-order valence-electron chi connectivity index (χ3n) is 3.58. The highest BCUT2D eigenvalue weighted by Gasteiger charge is 2.04. The number of hydrogen-bond donors (Lipinski definition) is 1. The van der Waals surface area contributed by atoms with Gasteiger partial charge in [-0.15, -0.1) is 0 Å². The largest absolute Gasteiger partial charge is 0.488 e. The predicted molar refractivity (Wildman–Crippen MR) is 107 cm³/mol. The van der Waals surface area contributed by atoms with E-state index in [0.717, 1.165) is 46.9 Å². The zero-order chi connectivity index (χ0) is 18.1. The van der Waals surface area contributed by atoms with E-state index < -0.39 is 0 Å². The molecule has 0 fully saturated rings. The Bertz CT molecular complexity index is 647. The Morgan fingerprint density at radius 1 is 1.08 bits per heavy atom. The van der Waals surface area contributed by atoms with Gasteiger partial charge in [0, 0.05) is 18.2 Å². The second kappa shape index (κ2) is 10.8. The lowest BCUT2D eigenvalue weighted by Gasteiger charge is -2.11. The van der Waals surface area contributed by atoms with Crippen LogP contribution in [0.25, 0.3) is 0 Å². The van der Waals surface area contributed by atoms with E-state index >= 15 is 0 Å². The van der Waals surface area contributed by atoms with Crippen molar-refractivity contribution < 1.29 is 9.47 Å². The number of hydrogen-bond acceptors (Lipinski definition) is 3. The maximum Gasteiger partial charge on any atom is 0.134 e. The summed E-state index contributed by atoms with van der Waals surface area (Å²) in [6, 6.07) is 13.9. The molecule has 0 bridgehead atoms. The van der Waals surface area contributed by atoms with Crippen LogP contribution < -0.4 is 10.1 Å². The summed E-state index contributed by atoms with van der Waals surface area (Å²) >= 11 is 9.48. The number of halogens is 2. The fourth-order valence-electron chi connectivity index (χ4n) is 2.26. The van der Waals surface area contributed by atoms with Crippen molar-refractivity contribution in [2.24, 2.45) is 0 Å². The molecule has 0 aliphatic rings. The van der Waals surface area contributed by atoms with Gasteiger partial charge in [-0.3, -0.25) is 0 Å². The van der Waals surface area contributed by atoms with Gasteiger partial charge in [0.25, 0.3) is 0 Å². The minimum absolute atomic E-state index is 0.302. The van der Waals surface area contributed by atoms with Crippen molar-refractivity contribution in [2.75, 3.05) is 13.2 Å². The first-order valence-electron chi connectivity index (χ1n) is 8.52. The van der Waals surface area contributed by atoms with E-state index in [1.807, 2.05) is 30.3 Å². The van der Waals surface area contributed by atoms with Gasteiger partial charge in [-0.05, 0) is 78.1 Å². The van der Waals surface area contributed by atoms with Crippen LogP contribution in [0.3, 0.4) is 0 Å². The van der Waals surface area contributed by atoms with E-state index in [-0.39, 0.29) is 0 Å². The molecule has 0 saturated carbocycles. The zero-order valence-corrected chi connectivity index (χ0v) is 17.1. The number of nitrogens with one attached hydrogen (secondary N) is 1. The fourth-order valence-corrected chi connectivity index (χ4v) is 2.93. The summed E-state index contributed by atoms with van der Waals surface area (Å²) in [7, 11) is 0. The molecule has 0 aromatic heterocycles. The van der Waals surface area contributed by atoms with Gasteiger partial charge in [-0.25, -0.2) is 0 Å². The molecule has 1 N–H and O–H groups in total. The van der Waals surface area contributed by atoms with Crippen LogP contribution >= 0.6 is 27.5 Å². The summed E-state index contributed by atoms with van der Waals surface area (Å²) in [6.07, 6.45) is 1.32. The van der Waals surface area contributed by atoms with Crippen LogP contribution in [0.4, 0.5) is 0 Å². The Labute approximate surface area is 163 Å². The fraction of sp³-hybridized carbons (Fsp3) is 0.400. The molecular formula is C20H25BrClNO2. The van der Waals surface area contributed by atoms with Crippen LogP contribution in [0.5, 0.6) is 5.75 Å². The minimum Gasteiger partial charge on any atom is -0.488 e. The van der Waals surface area contributed by atoms with Gasteiger partial charge in [0.1, 0.15) is 12.4 Å². The third-order valence-corrected chi connectivity index (χ3v) is 4.45. The van der Waals surface area contributed by atoms with Crippen LogP contribution in [-0.2, 0) is 17.9 Å². The third kappa shape index (κ3) is 7.78. The maximum atomic E-state index is 5.89. The van der Waals surface area contributed by atoms with Crippen LogP contribution in [0.2, 0.25) is 5.02 Å². The molecule has 0 amide bonds. The molecule has 0 heterocycles. The van der Waals surface area contributed by atoms with Crippen molar-refractivity contribution in [2.45, 2.75) is 39.5 Å². The average Bonchev–Trinajstić information content (AvgIpc) is 2.58. The van der Waals surface area contributed by atoms with E-state index in [2.05, 4.69) is 47.2 Å². The molecule has 2 aromatic carbocycles. The van der Waals surface area contributed by atoms with Gasteiger partial charge in [0.15, 0.2) is 0 Å². The van der Waals surface area contributed by atoms with Crippen LogP contribution in [0.15, 0.2) is 46.9 Å². The SMILES string of the molecule is CC(C)OCCCNCc1ccc(OCc2ccc(Cl)cc2)c(Br)c1. The van der Waals surface area contributed by atoms with E-state index in [1.165, 1.54) is 5.56 Å². The highest BCUT2D eigenvalue weighted by atomic mass is 79.9. The van der Waals surface area contributed by atoms with Gasteiger partial charge < -0.3 is 14.8 Å². The summed E-state index contributed by atoms with van der Waals surface area (Å²) < 4.78 is 12.4. The quantitative estimate of drug-likeness (QED) is 0.503. The second-order valence-electron chi connectivity index (χ2n) is 6.13. The molecule has 0 spiro atoms. The molecule has 0 atom stereocenters. The topological polar surface area (TPSA) is 30.5 Å². The summed E-state index contributed by atoms with van der Waals surface area (Å²) in [5.41, 5.74) is 2.31. The lowest BCUT2D eigenvalue weighted by molar-refractivity contribution is 0.0770. The molecule has 0 radical (unpaired) electrons. The minimum atomic E-state index is 0.302. The van der Waals surface area contributed by atoms with Crippen LogP contribution in [0, 0.1) is 0 Å².